The lowest BCUT2D eigenvalue weighted by molar-refractivity contribution is -0.111. The molecule has 0 saturated carbocycles. The van der Waals surface area contributed by atoms with Gasteiger partial charge in [0.2, 0.25) is 0 Å². The number of allylic oxidation sites excluding steroid dienone is 1. The number of hydrogen-bond acceptors (Lipinski definition) is 5. The molecule has 1 amide bonds. The number of nitrogens with zero attached hydrogens (tertiary/aromatic N) is 2. The van der Waals surface area contributed by atoms with Crippen molar-refractivity contribution in [2.45, 2.75) is 38.7 Å². The van der Waals surface area contributed by atoms with Crippen LogP contribution in [-0.4, -0.2) is 41.3 Å². The largest absolute Gasteiger partial charge is 0.482 e. The number of anilines is 2. The van der Waals surface area contributed by atoms with Crippen LogP contribution in [0.15, 0.2) is 48.4 Å². The first kappa shape index (κ1) is 21.6. The number of benzene rings is 1. The van der Waals surface area contributed by atoms with Crippen molar-refractivity contribution in [3.63, 3.8) is 0 Å². The van der Waals surface area contributed by atoms with E-state index in [1.807, 2.05) is 32.2 Å². The highest BCUT2D eigenvalue weighted by Gasteiger charge is 2.38. The van der Waals surface area contributed by atoms with Gasteiger partial charge in [-0.1, -0.05) is 0 Å². The van der Waals surface area contributed by atoms with Crippen molar-refractivity contribution in [2.24, 2.45) is 5.92 Å². The summed E-state index contributed by atoms with van der Waals surface area (Å²) in [6.07, 6.45) is 6.75. The first-order valence-electron chi connectivity index (χ1n) is 11.4. The number of pyridine rings is 1. The number of ether oxygens (including phenoxy) is 1. The summed E-state index contributed by atoms with van der Waals surface area (Å²) in [4.78, 5) is 19.6. The predicted octanol–water partition coefficient (Wildman–Crippen LogP) is 4.38. The third-order valence-corrected chi connectivity index (χ3v) is 6.70. The average molecular weight is 450 g/mol. The van der Waals surface area contributed by atoms with Crippen molar-refractivity contribution < 1.29 is 19.0 Å². The number of hydrogen-bond donors (Lipinski definition) is 2. The highest BCUT2D eigenvalue weighted by atomic mass is 19.1. The van der Waals surface area contributed by atoms with Crippen molar-refractivity contribution in [3.05, 3.63) is 65.3 Å². The van der Waals surface area contributed by atoms with E-state index in [4.69, 9.17) is 4.74 Å². The lowest BCUT2D eigenvalue weighted by Gasteiger charge is -2.33. The van der Waals surface area contributed by atoms with Crippen LogP contribution in [0.3, 0.4) is 0 Å². The molecular formula is C26H28FN3O3. The Hall–Kier alpha value is -3.19. The van der Waals surface area contributed by atoms with Crippen LogP contribution in [0.25, 0.3) is 11.1 Å². The van der Waals surface area contributed by atoms with E-state index in [0.29, 0.717) is 28.5 Å². The molecular weight excluding hydrogens is 421 g/mol. The molecule has 2 aromatic rings. The molecule has 3 aliphatic heterocycles. The number of rotatable bonds is 4. The van der Waals surface area contributed by atoms with Crippen molar-refractivity contribution >= 4 is 28.6 Å². The van der Waals surface area contributed by atoms with Crippen LogP contribution in [0.4, 0.5) is 15.9 Å². The highest BCUT2D eigenvalue weighted by molar-refractivity contribution is 6.32. The molecule has 3 aliphatic rings. The number of carbonyl (C=O) groups is 1. The van der Waals surface area contributed by atoms with Gasteiger partial charge in [-0.2, -0.15) is 0 Å². The number of piperidine rings is 1. The Labute approximate surface area is 192 Å². The quantitative estimate of drug-likeness (QED) is 0.678. The molecule has 0 bridgehead atoms. The van der Waals surface area contributed by atoms with E-state index >= 15 is 0 Å². The van der Waals surface area contributed by atoms with Gasteiger partial charge in [-0.15, -0.1) is 0 Å². The Balaban J connectivity index is 1.50. The maximum absolute atomic E-state index is 13.6. The first-order chi connectivity index (χ1) is 15.9. The molecule has 1 saturated heterocycles. The number of fused-ring (bicyclic) bond motifs is 1. The average Bonchev–Trinajstić information content (AvgIpc) is 3.28. The molecule has 7 heteroatoms. The normalized spacial score (nSPS) is 23.8. The Morgan fingerprint density at radius 3 is 2.97 bits per heavy atom. The van der Waals surface area contributed by atoms with E-state index in [0.717, 1.165) is 49.3 Å². The molecule has 33 heavy (non-hydrogen) atoms. The number of amides is 1. The van der Waals surface area contributed by atoms with Crippen LogP contribution >= 0.6 is 0 Å². The number of aromatic nitrogens is 1. The second-order valence-corrected chi connectivity index (χ2v) is 9.42. The first-order valence-corrected chi connectivity index (χ1v) is 11.4. The predicted molar refractivity (Wildman–Crippen MR) is 126 cm³/mol. The summed E-state index contributed by atoms with van der Waals surface area (Å²) in [6.45, 7) is 6.00. The molecule has 0 spiro atoms. The standard InChI is InChI=1S/C26H28FN3O3/c1-26(2)20(14-22(33-26)24-19-6-5-18(27)13-21(19)29-25(24)32)17-7-9-28-23(12-17)30-10-3-4-16(15-30)8-11-31/h5-7,9,12-14,16,31H,3-4,8,10-11,15H2,1-2H3,(H,29,32)/b24-22+. The Kier molecular flexibility index (Phi) is 5.44. The highest BCUT2D eigenvalue weighted by Crippen LogP contribution is 2.44. The monoisotopic (exact) mass is 449 g/mol. The molecule has 6 nitrogen and oxygen atoms in total. The molecule has 172 valence electrons. The van der Waals surface area contributed by atoms with E-state index in [-0.39, 0.29) is 12.5 Å². The molecule has 1 unspecified atom stereocenters. The molecule has 1 fully saturated rings. The van der Waals surface area contributed by atoms with Crippen LogP contribution in [0.5, 0.6) is 0 Å². The molecule has 2 N–H and O–H groups in total. The van der Waals surface area contributed by atoms with Gasteiger partial charge in [0.1, 0.15) is 23.0 Å². The zero-order chi connectivity index (χ0) is 23.2. The lowest BCUT2D eigenvalue weighted by Crippen LogP contribution is -2.36. The lowest BCUT2D eigenvalue weighted by atomic mass is 9.92. The van der Waals surface area contributed by atoms with E-state index in [9.17, 15) is 14.3 Å². The third kappa shape index (κ3) is 4.02. The Morgan fingerprint density at radius 1 is 1.30 bits per heavy atom. The van der Waals surface area contributed by atoms with Gasteiger partial charge in [-0.05, 0) is 81.0 Å². The van der Waals surface area contributed by atoms with Gasteiger partial charge in [0.05, 0.1) is 11.3 Å². The van der Waals surface area contributed by atoms with Crippen molar-refractivity contribution in [2.75, 3.05) is 29.9 Å². The third-order valence-electron chi connectivity index (χ3n) is 6.70. The fourth-order valence-electron chi connectivity index (χ4n) is 5.06. The van der Waals surface area contributed by atoms with Gasteiger partial charge >= 0.3 is 0 Å². The van der Waals surface area contributed by atoms with Crippen LogP contribution in [0.2, 0.25) is 0 Å². The van der Waals surface area contributed by atoms with Crippen molar-refractivity contribution in [1.82, 2.24) is 4.98 Å². The summed E-state index contributed by atoms with van der Waals surface area (Å²) in [5.41, 5.74) is 2.82. The van der Waals surface area contributed by atoms with Crippen molar-refractivity contribution in [3.8, 4) is 0 Å². The van der Waals surface area contributed by atoms with E-state index in [1.54, 1.807) is 6.07 Å². The van der Waals surface area contributed by atoms with E-state index < -0.39 is 11.4 Å². The molecule has 1 atom stereocenters. The number of aliphatic hydroxyl groups is 1. The van der Waals surface area contributed by atoms with Gasteiger partial charge in [-0.25, -0.2) is 9.37 Å². The second kappa shape index (κ2) is 8.30. The van der Waals surface area contributed by atoms with Gasteiger partial charge in [0, 0.05) is 37.0 Å². The number of halogens is 1. The van der Waals surface area contributed by atoms with Gasteiger partial charge in [-0.3, -0.25) is 4.79 Å². The minimum Gasteiger partial charge on any atom is -0.482 e. The number of aliphatic hydroxyl groups excluding tert-OH is 1. The van der Waals surface area contributed by atoms with Crippen molar-refractivity contribution in [1.29, 1.82) is 0 Å². The summed E-state index contributed by atoms with van der Waals surface area (Å²) in [7, 11) is 0. The fraction of sp³-hybridized carbons (Fsp3) is 0.385. The minimum atomic E-state index is -0.647. The summed E-state index contributed by atoms with van der Waals surface area (Å²) < 4.78 is 19.9. The zero-order valence-corrected chi connectivity index (χ0v) is 18.9. The van der Waals surface area contributed by atoms with Crippen LogP contribution in [0, 0.1) is 11.7 Å². The zero-order valence-electron chi connectivity index (χ0n) is 18.9. The summed E-state index contributed by atoms with van der Waals surface area (Å²) in [5.74, 6) is 1.18. The molecule has 0 radical (unpaired) electrons. The summed E-state index contributed by atoms with van der Waals surface area (Å²) >= 11 is 0. The van der Waals surface area contributed by atoms with Crippen LogP contribution in [-0.2, 0) is 9.53 Å². The Morgan fingerprint density at radius 2 is 2.15 bits per heavy atom. The molecule has 1 aromatic carbocycles. The van der Waals surface area contributed by atoms with Crippen LogP contribution < -0.4 is 10.2 Å². The second-order valence-electron chi connectivity index (χ2n) is 9.42. The Bertz CT molecular complexity index is 1170. The van der Waals surface area contributed by atoms with E-state index in [2.05, 4.69) is 21.3 Å². The van der Waals surface area contributed by atoms with Crippen LogP contribution in [0.1, 0.15) is 44.2 Å². The minimum absolute atomic E-state index is 0.213. The maximum Gasteiger partial charge on any atom is 0.260 e. The van der Waals surface area contributed by atoms with Gasteiger partial charge < -0.3 is 20.1 Å². The SMILES string of the molecule is CC1(C)O/C(=C2/C(=O)Nc3cc(F)ccc32)C=C1c1ccnc(N2CCCC(CCO)C2)c1. The maximum atomic E-state index is 13.6. The fourth-order valence-corrected chi connectivity index (χ4v) is 5.06. The molecule has 4 heterocycles. The van der Waals surface area contributed by atoms with Gasteiger partial charge in [0.25, 0.3) is 5.91 Å². The summed E-state index contributed by atoms with van der Waals surface area (Å²) in [5, 5.41) is 12.1. The molecule has 1 aromatic heterocycles. The number of nitrogens with one attached hydrogen (secondary N) is 1. The van der Waals surface area contributed by atoms with E-state index in [1.165, 1.54) is 12.1 Å². The molecule has 0 aliphatic carbocycles. The number of carbonyl (C=O) groups excluding carboxylic acids is 1. The summed E-state index contributed by atoms with van der Waals surface area (Å²) in [6, 6.07) is 8.31. The molecule has 5 rings (SSSR count). The topological polar surface area (TPSA) is 74.7 Å². The smallest absolute Gasteiger partial charge is 0.260 e. The van der Waals surface area contributed by atoms with Gasteiger partial charge in [0.15, 0.2) is 0 Å².